The number of hydrogen-bond acceptors (Lipinski definition) is 4. The molecule has 11 rings (SSSR count). The van der Waals surface area contributed by atoms with E-state index in [4.69, 9.17) is 14.4 Å². The highest BCUT2D eigenvalue weighted by Gasteiger charge is 2.22. The first kappa shape index (κ1) is 32.0. The Balaban J connectivity index is 1.04. The van der Waals surface area contributed by atoms with E-state index in [0.717, 1.165) is 83.4 Å². The summed E-state index contributed by atoms with van der Waals surface area (Å²) in [5.74, 6) is 1.49. The van der Waals surface area contributed by atoms with Crippen LogP contribution in [0, 0.1) is 0 Å². The number of aromatic nitrogens is 1. The van der Waals surface area contributed by atoms with Gasteiger partial charge >= 0.3 is 0 Å². The summed E-state index contributed by atoms with van der Waals surface area (Å²) in [7, 11) is 0. The molecule has 1 unspecified atom stereocenters. The van der Waals surface area contributed by atoms with Crippen molar-refractivity contribution in [3.05, 3.63) is 211 Å². The number of benzene rings is 8. The lowest BCUT2D eigenvalue weighted by Gasteiger charge is -2.23. The molecule has 0 fully saturated rings. The SMILES string of the molecule is c1ccc(C2=NC(c3cccc(-n4c5ccccc5c5ccc(-c6cccc(-c7cccc8c7oc7ccccc78)c6)cc54)c3)=NC(c3ccccc3)N2)cc1. The maximum Gasteiger partial charge on any atom is 0.159 e. The molecule has 264 valence electrons. The van der Waals surface area contributed by atoms with Gasteiger partial charge in [-0.25, -0.2) is 9.98 Å². The number of furan rings is 1. The van der Waals surface area contributed by atoms with Gasteiger partial charge in [-0.15, -0.1) is 0 Å². The topological polar surface area (TPSA) is 54.8 Å². The second-order valence-electron chi connectivity index (χ2n) is 14.2. The Morgan fingerprint density at radius 1 is 0.464 bits per heavy atom. The molecule has 0 saturated heterocycles. The summed E-state index contributed by atoms with van der Waals surface area (Å²) in [5.41, 5.74) is 12.7. The van der Waals surface area contributed by atoms with Crippen LogP contribution in [0.1, 0.15) is 22.9 Å². The largest absolute Gasteiger partial charge is 0.455 e. The van der Waals surface area contributed by atoms with Crippen molar-refractivity contribution in [1.82, 2.24) is 9.88 Å². The maximum absolute atomic E-state index is 6.43. The molecule has 2 aromatic heterocycles. The Labute approximate surface area is 323 Å². The van der Waals surface area contributed by atoms with Crippen molar-refractivity contribution >= 4 is 55.4 Å². The molecular weight excluding hydrogens is 685 g/mol. The fourth-order valence-corrected chi connectivity index (χ4v) is 8.18. The zero-order valence-electron chi connectivity index (χ0n) is 30.3. The third-order valence-electron chi connectivity index (χ3n) is 10.9. The molecule has 5 nitrogen and oxygen atoms in total. The maximum atomic E-state index is 6.43. The first-order valence-corrected chi connectivity index (χ1v) is 18.9. The van der Waals surface area contributed by atoms with Gasteiger partial charge in [0.2, 0.25) is 0 Å². The van der Waals surface area contributed by atoms with Crippen LogP contribution in [0.5, 0.6) is 0 Å². The predicted octanol–water partition coefficient (Wildman–Crippen LogP) is 12.5. The molecule has 1 atom stereocenters. The van der Waals surface area contributed by atoms with Gasteiger partial charge in [0.15, 0.2) is 5.84 Å². The van der Waals surface area contributed by atoms with Crippen molar-refractivity contribution in [1.29, 1.82) is 0 Å². The third kappa shape index (κ3) is 5.40. The van der Waals surface area contributed by atoms with Crippen molar-refractivity contribution in [3.8, 4) is 27.9 Å². The van der Waals surface area contributed by atoms with Crippen molar-refractivity contribution < 1.29 is 4.42 Å². The highest BCUT2D eigenvalue weighted by molar-refractivity contribution is 6.14. The molecule has 0 saturated carbocycles. The van der Waals surface area contributed by atoms with Crippen LogP contribution in [0.4, 0.5) is 0 Å². The Kier molecular flexibility index (Phi) is 7.49. The molecule has 8 aromatic carbocycles. The van der Waals surface area contributed by atoms with Crippen LogP contribution >= 0.6 is 0 Å². The number of rotatable bonds is 6. The smallest absolute Gasteiger partial charge is 0.159 e. The standard InChI is InChI=1S/C51H34N4O/c1-3-14-33(15-4-1)49-52-50(34-16-5-2-6-17-34)54-51(53-49)38-20-12-21-39(31-38)55-45-26-9-7-22-41(45)42-29-28-36(32-46(42)55)35-18-11-19-37(30-35)40-24-13-25-44-43-23-8-10-27-47(43)56-48(40)44/h1-32,49H,(H,52,53,54). The minimum Gasteiger partial charge on any atom is -0.455 e. The zero-order chi connectivity index (χ0) is 37.0. The number of para-hydroxylation sites is 3. The molecule has 3 heterocycles. The number of hydrogen-bond donors (Lipinski definition) is 1. The van der Waals surface area contributed by atoms with E-state index in [1.807, 2.05) is 36.4 Å². The first-order valence-electron chi connectivity index (χ1n) is 18.9. The van der Waals surface area contributed by atoms with E-state index < -0.39 is 0 Å². The lowest BCUT2D eigenvalue weighted by molar-refractivity contribution is 0.670. The van der Waals surface area contributed by atoms with E-state index in [2.05, 4.69) is 168 Å². The van der Waals surface area contributed by atoms with Gasteiger partial charge < -0.3 is 14.3 Å². The third-order valence-corrected chi connectivity index (χ3v) is 10.9. The fourth-order valence-electron chi connectivity index (χ4n) is 8.18. The van der Waals surface area contributed by atoms with Gasteiger partial charge in [0.05, 0.1) is 11.0 Å². The number of nitrogens with one attached hydrogen (secondary N) is 1. The van der Waals surface area contributed by atoms with Crippen LogP contribution in [0.2, 0.25) is 0 Å². The van der Waals surface area contributed by atoms with Crippen LogP contribution in [0.25, 0.3) is 71.7 Å². The monoisotopic (exact) mass is 718 g/mol. The van der Waals surface area contributed by atoms with Crippen LogP contribution in [0.15, 0.2) is 209 Å². The number of amidine groups is 2. The fraction of sp³-hybridized carbons (Fsp3) is 0.0196. The van der Waals surface area contributed by atoms with E-state index in [0.29, 0.717) is 5.84 Å². The summed E-state index contributed by atoms with van der Waals surface area (Å²) in [5, 5.41) is 8.25. The van der Waals surface area contributed by atoms with Crippen LogP contribution in [-0.4, -0.2) is 16.2 Å². The summed E-state index contributed by atoms with van der Waals surface area (Å²) in [6.07, 6.45) is -0.270. The van der Waals surface area contributed by atoms with Crippen molar-refractivity contribution in [2.75, 3.05) is 0 Å². The van der Waals surface area contributed by atoms with Gasteiger partial charge in [-0.05, 0) is 58.7 Å². The van der Waals surface area contributed by atoms with Gasteiger partial charge in [-0.2, -0.15) is 0 Å². The highest BCUT2D eigenvalue weighted by Crippen LogP contribution is 2.39. The number of nitrogens with zero attached hydrogens (tertiary/aromatic N) is 3. The minimum absolute atomic E-state index is 0.270. The summed E-state index contributed by atoms with van der Waals surface area (Å²) < 4.78 is 8.80. The molecule has 0 radical (unpaired) electrons. The second kappa shape index (κ2) is 13.1. The molecule has 0 aliphatic carbocycles. The summed E-state index contributed by atoms with van der Waals surface area (Å²) >= 11 is 0. The van der Waals surface area contributed by atoms with E-state index in [1.165, 1.54) is 10.8 Å². The normalized spacial score (nSPS) is 14.2. The van der Waals surface area contributed by atoms with Gasteiger partial charge in [0.25, 0.3) is 0 Å². The lowest BCUT2D eigenvalue weighted by Crippen LogP contribution is -2.33. The molecule has 1 N–H and O–H groups in total. The Morgan fingerprint density at radius 2 is 1.12 bits per heavy atom. The van der Waals surface area contributed by atoms with E-state index in [9.17, 15) is 0 Å². The predicted molar refractivity (Wildman–Crippen MR) is 231 cm³/mol. The molecule has 0 bridgehead atoms. The summed E-state index contributed by atoms with van der Waals surface area (Å²) in [6, 6.07) is 68.1. The number of fused-ring (bicyclic) bond motifs is 6. The highest BCUT2D eigenvalue weighted by atomic mass is 16.3. The van der Waals surface area contributed by atoms with Crippen molar-refractivity contribution in [3.63, 3.8) is 0 Å². The molecule has 1 aliphatic heterocycles. The zero-order valence-corrected chi connectivity index (χ0v) is 30.3. The Hall–Kier alpha value is -7.50. The average molecular weight is 719 g/mol. The molecular formula is C51H34N4O. The summed E-state index contributed by atoms with van der Waals surface area (Å²) in [6.45, 7) is 0. The van der Waals surface area contributed by atoms with E-state index in [-0.39, 0.29) is 6.17 Å². The first-order chi connectivity index (χ1) is 27.7. The minimum atomic E-state index is -0.270. The molecule has 10 aromatic rings. The molecule has 0 spiro atoms. The van der Waals surface area contributed by atoms with Crippen LogP contribution in [0.3, 0.4) is 0 Å². The van der Waals surface area contributed by atoms with Gasteiger partial charge in [-0.1, -0.05) is 158 Å². The second-order valence-corrected chi connectivity index (χ2v) is 14.2. The molecule has 0 amide bonds. The number of aliphatic imine (C=N–C) groups is 2. The summed E-state index contributed by atoms with van der Waals surface area (Å²) in [4.78, 5) is 10.3. The van der Waals surface area contributed by atoms with Gasteiger partial charge in [-0.3, -0.25) is 0 Å². The molecule has 5 heteroatoms. The quantitative estimate of drug-likeness (QED) is 0.186. The Morgan fingerprint density at radius 3 is 2.02 bits per heavy atom. The Bertz CT molecular complexity index is 3170. The van der Waals surface area contributed by atoms with Gasteiger partial charge in [0.1, 0.15) is 23.2 Å². The van der Waals surface area contributed by atoms with E-state index in [1.54, 1.807) is 0 Å². The van der Waals surface area contributed by atoms with Crippen LogP contribution in [-0.2, 0) is 0 Å². The van der Waals surface area contributed by atoms with E-state index >= 15 is 0 Å². The average Bonchev–Trinajstić information content (AvgIpc) is 3.83. The van der Waals surface area contributed by atoms with Crippen molar-refractivity contribution in [2.45, 2.75) is 6.17 Å². The molecule has 1 aliphatic rings. The lowest BCUT2D eigenvalue weighted by atomic mass is 9.97. The van der Waals surface area contributed by atoms with Gasteiger partial charge in [0, 0.05) is 43.9 Å². The van der Waals surface area contributed by atoms with Crippen LogP contribution < -0.4 is 5.32 Å². The van der Waals surface area contributed by atoms with Crippen molar-refractivity contribution in [2.24, 2.45) is 9.98 Å². The molecule has 56 heavy (non-hydrogen) atoms.